The first-order valence-electron chi connectivity index (χ1n) is 6.42. The molecule has 0 saturated carbocycles. The van der Waals surface area contributed by atoms with Gasteiger partial charge in [-0.25, -0.2) is 9.79 Å². The molecule has 1 heterocycles. The minimum Gasteiger partial charge on any atom is -0.303 e. The molecule has 1 atom stereocenters. The lowest BCUT2D eigenvalue weighted by atomic mass is 10.1. The summed E-state index contributed by atoms with van der Waals surface area (Å²) >= 11 is 0. The Morgan fingerprint density at radius 3 is 2.23 bits per heavy atom. The summed E-state index contributed by atoms with van der Waals surface area (Å²) in [5.74, 6) is 0. The molecular formula is C13H20N4O4S. The molecule has 2 rings (SSSR count). The molecule has 1 aromatic rings. The van der Waals surface area contributed by atoms with Crippen molar-refractivity contribution in [2.45, 2.75) is 20.1 Å². The highest BCUT2D eigenvalue weighted by Crippen LogP contribution is 2.24. The molecule has 1 aliphatic rings. The summed E-state index contributed by atoms with van der Waals surface area (Å²) in [5.41, 5.74) is 2.99. The van der Waals surface area contributed by atoms with Crippen molar-refractivity contribution < 1.29 is 17.8 Å². The van der Waals surface area contributed by atoms with E-state index in [4.69, 9.17) is 4.55 Å². The molecule has 1 unspecified atom stereocenters. The number of amides is 2. The van der Waals surface area contributed by atoms with Crippen LogP contribution in [0.25, 0.3) is 0 Å². The van der Waals surface area contributed by atoms with E-state index in [0.717, 1.165) is 16.8 Å². The van der Waals surface area contributed by atoms with Crippen molar-refractivity contribution in [1.29, 1.82) is 0 Å². The van der Waals surface area contributed by atoms with Crippen molar-refractivity contribution in [1.82, 2.24) is 10.6 Å². The second kappa shape index (κ2) is 7.34. The van der Waals surface area contributed by atoms with Crippen molar-refractivity contribution in [3.05, 3.63) is 29.3 Å². The number of aliphatic imine (C=N–C) groups is 1. The lowest BCUT2D eigenvalue weighted by molar-refractivity contribution is 0.242. The van der Waals surface area contributed by atoms with Crippen molar-refractivity contribution in [2.24, 2.45) is 4.99 Å². The van der Waals surface area contributed by atoms with Gasteiger partial charge in [0, 0.05) is 0 Å². The van der Waals surface area contributed by atoms with Gasteiger partial charge >= 0.3 is 6.03 Å². The molecule has 0 aromatic heterocycles. The van der Waals surface area contributed by atoms with Crippen LogP contribution in [0.3, 0.4) is 0 Å². The van der Waals surface area contributed by atoms with Gasteiger partial charge in [-0.2, -0.15) is 8.42 Å². The monoisotopic (exact) mass is 328 g/mol. The molecule has 22 heavy (non-hydrogen) atoms. The summed E-state index contributed by atoms with van der Waals surface area (Å²) in [6.45, 7) is 3.96. The van der Waals surface area contributed by atoms with Crippen LogP contribution in [0.1, 0.15) is 11.1 Å². The highest BCUT2D eigenvalue weighted by Gasteiger charge is 2.23. The van der Waals surface area contributed by atoms with Crippen LogP contribution in [0.15, 0.2) is 23.2 Å². The van der Waals surface area contributed by atoms with Crippen molar-refractivity contribution >= 4 is 28.2 Å². The van der Waals surface area contributed by atoms with Crippen molar-refractivity contribution in [3.63, 3.8) is 0 Å². The lowest BCUT2D eigenvalue weighted by Crippen LogP contribution is -2.53. The molecule has 1 aromatic carbocycles. The number of nitrogens with one attached hydrogen (secondary N) is 2. The number of rotatable bonds is 2. The van der Waals surface area contributed by atoms with Crippen LogP contribution in [-0.2, 0) is 10.1 Å². The van der Waals surface area contributed by atoms with E-state index in [-0.39, 0.29) is 12.3 Å². The van der Waals surface area contributed by atoms with Crippen molar-refractivity contribution in [2.75, 3.05) is 18.2 Å². The first-order valence-corrected chi connectivity index (χ1v) is 8.27. The maximum Gasteiger partial charge on any atom is 0.329 e. The molecule has 0 bridgehead atoms. The molecule has 9 heteroatoms. The zero-order chi connectivity index (χ0) is 16.9. The highest BCUT2D eigenvalue weighted by atomic mass is 32.2. The van der Waals surface area contributed by atoms with Gasteiger partial charge in [-0.1, -0.05) is 18.2 Å². The van der Waals surface area contributed by atoms with Crippen LogP contribution in [0, 0.1) is 13.8 Å². The van der Waals surface area contributed by atoms with E-state index in [1.54, 1.807) is 18.3 Å². The van der Waals surface area contributed by atoms with E-state index < -0.39 is 10.1 Å². The topological polar surface area (TPSA) is 111 Å². The SMILES string of the molecule is CNC1N=CN(c2c(C)cccc2C)C(=O)N1.CS(=O)(=O)O. The predicted molar refractivity (Wildman–Crippen MR) is 85.7 cm³/mol. The van der Waals surface area contributed by atoms with Crippen LogP contribution >= 0.6 is 0 Å². The van der Waals surface area contributed by atoms with Gasteiger partial charge in [-0.3, -0.25) is 14.8 Å². The average Bonchev–Trinajstić information content (AvgIpc) is 2.38. The third-order valence-corrected chi connectivity index (χ3v) is 2.76. The largest absolute Gasteiger partial charge is 0.329 e. The number of carbonyl (C=O) groups excluding carboxylic acids is 1. The van der Waals surface area contributed by atoms with E-state index in [1.165, 1.54) is 0 Å². The van der Waals surface area contributed by atoms with Gasteiger partial charge in [0.25, 0.3) is 10.1 Å². The Morgan fingerprint density at radius 2 is 1.82 bits per heavy atom. The van der Waals surface area contributed by atoms with Gasteiger partial charge in [-0.15, -0.1) is 0 Å². The minimum atomic E-state index is -3.67. The normalized spacial score (nSPS) is 17.6. The fraction of sp³-hybridized carbons (Fsp3) is 0.385. The maximum atomic E-state index is 12.0. The first-order chi connectivity index (χ1) is 10.1. The first kappa shape index (κ1) is 18.1. The number of hydrogen-bond donors (Lipinski definition) is 3. The number of aryl methyl sites for hydroxylation is 2. The second-order valence-corrected chi connectivity index (χ2v) is 6.21. The lowest BCUT2D eigenvalue weighted by Gasteiger charge is -2.28. The molecule has 2 amide bonds. The summed E-state index contributed by atoms with van der Waals surface area (Å²) in [4.78, 5) is 17.7. The number of benzene rings is 1. The number of carbonyl (C=O) groups is 1. The molecule has 3 N–H and O–H groups in total. The third-order valence-electron chi connectivity index (χ3n) is 2.76. The zero-order valence-electron chi connectivity index (χ0n) is 12.9. The summed E-state index contributed by atoms with van der Waals surface area (Å²) < 4.78 is 25.9. The van der Waals surface area contributed by atoms with Gasteiger partial charge in [0.05, 0.1) is 11.9 Å². The van der Waals surface area contributed by atoms with Crippen LogP contribution in [0.4, 0.5) is 10.5 Å². The van der Waals surface area contributed by atoms with E-state index in [1.807, 2.05) is 32.0 Å². The van der Waals surface area contributed by atoms with Gasteiger partial charge < -0.3 is 5.32 Å². The molecule has 8 nitrogen and oxygen atoms in total. The van der Waals surface area contributed by atoms with E-state index in [9.17, 15) is 13.2 Å². The molecule has 0 saturated heterocycles. The van der Waals surface area contributed by atoms with Crippen LogP contribution < -0.4 is 15.5 Å². The molecule has 122 valence electrons. The highest BCUT2D eigenvalue weighted by molar-refractivity contribution is 7.85. The Balaban J connectivity index is 0.000000422. The summed E-state index contributed by atoms with van der Waals surface area (Å²) in [7, 11) is -1.92. The van der Waals surface area contributed by atoms with E-state index >= 15 is 0 Å². The molecular weight excluding hydrogens is 308 g/mol. The number of anilines is 1. The maximum absolute atomic E-state index is 12.0. The van der Waals surface area contributed by atoms with E-state index in [0.29, 0.717) is 6.26 Å². The van der Waals surface area contributed by atoms with Crippen LogP contribution in [0.2, 0.25) is 0 Å². The number of hydrogen-bond acceptors (Lipinski definition) is 5. The summed E-state index contributed by atoms with van der Waals surface area (Å²) in [5, 5.41) is 5.63. The van der Waals surface area contributed by atoms with Gasteiger partial charge in [0.1, 0.15) is 6.34 Å². The quantitative estimate of drug-likeness (QED) is 0.698. The Kier molecular flexibility index (Phi) is 6.03. The molecule has 0 radical (unpaired) electrons. The van der Waals surface area contributed by atoms with Crippen LogP contribution in [0.5, 0.6) is 0 Å². The molecule has 0 fully saturated rings. The minimum absolute atomic E-state index is 0.170. The van der Waals surface area contributed by atoms with Gasteiger partial charge in [0.15, 0.2) is 6.29 Å². The molecule has 0 aliphatic carbocycles. The third kappa shape index (κ3) is 5.43. The number of para-hydroxylation sites is 1. The van der Waals surface area contributed by atoms with Crippen molar-refractivity contribution in [3.8, 4) is 0 Å². The zero-order valence-corrected chi connectivity index (χ0v) is 13.7. The number of urea groups is 1. The Bertz CT molecular complexity index is 644. The average molecular weight is 328 g/mol. The second-order valence-electron chi connectivity index (χ2n) is 4.75. The molecule has 1 aliphatic heterocycles. The Morgan fingerprint density at radius 1 is 1.32 bits per heavy atom. The van der Waals surface area contributed by atoms with E-state index in [2.05, 4.69) is 15.6 Å². The Labute approximate surface area is 130 Å². The predicted octanol–water partition coefficient (Wildman–Crippen LogP) is 0.868. The standard InChI is InChI=1S/C12H16N4O.CH4O3S/c1-8-5-4-6-9(2)10(8)16-7-14-11(13-3)15-12(16)17;1-5(2,3)4/h4-7,11,13H,1-3H3,(H,15,17);1H3,(H,2,3,4). The smallest absolute Gasteiger partial charge is 0.303 e. The summed E-state index contributed by atoms with van der Waals surface area (Å²) in [6.07, 6.45) is 1.94. The van der Waals surface area contributed by atoms with Crippen LogP contribution in [-0.4, -0.2) is 44.9 Å². The summed E-state index contributed by atoms with van der Waals surface area (Å²) in [6, 6.07) is 5.77. The van der Waals surface area contributed by atoms with Gasteiger partial charge in [0.2, 0.25) is 0 Å². The number of nitrogens with zero attached hydrogens (tertiary/aromatic N) is 2. The molecule has 0 spiro atoms. The fourth-order valence-electron chi connectivity index (χ4n) is 1.90. The van der Waals surface area contributed by atoms with Gasteiger partial charge in [-0.05, 0) is 32.0 Å². The Hall–Kier alpha value is -1.97. The fourth-order valence-corrected chi connectivity index (χ4v) is 1.90.